The van der Waals surface area contributed by atoms with Crippen LogP contribution in [-0.2, 0) is 0 Å². The van der Waals surface area contributed by atoms with Crippen LogP contribution in [0.15, 0.2) is 12.2 Å². The van der Waals surface area contributed by atoms with Gasteiger partial charge < -0.3 is 11.1 Å². The zero-order chi connectivity index (χ0) is 11.5. The van der Waals surface area contributed by atoms with E-state index in [1.807, 2.05) is 0 Å². The molecule has 1 aliphatic carbocycles. The summed E-state index contributed by atoms with van der Waals surface area (Å²) in [6.45, 7) is 9.43. The highest BCUT2D eigenvalue weighted by molar-refractivity contribution is 5.74. The molecule has 0 aromatic carbocycles. The summed E-state index contributed by atoms with van der Waals surface area (Å²) in [7, 11) is 0. The first-order valence-electron chi connectivity index (χ1n) is 5.72. The van der Waals surface area contributed by atoms with Crippen LogP contribution < -0.4 is 11.1 Å². The van der Waals surface area contributed by atoms with Gasteiger partial charge in [-0.2, -0.15) is 0 Å². The fourth-order valence-corrected chi connectivity index (χ4v) is 2.79. The highest BCUT2D eigenvalue weighted by Gasteiger charge is 2.34. The van der Waals surface area contributed by atoms with Crippen molar-refractivity contribution in [2.75, 3.05) is 6.54 Å². The lowest BCUT2D eigenvalue weighted by Gasteiger charge is -2.40. The summed E-state index contributed by atoms with van der Waals surface area (Å²) in [6.07, 6.45) is 4.56. The number of hydrogen-bond donors (Lipinski definition) is 3. The number of rotatable bonds is 3. The molecule has 15 heavy (non-hydrogen) atoms. The first kappa shape index (κ1) is 12.1. The van der Waals surface area contributed by atoms with E-state index in [0.29, 0.717) is 5.92 Å². The smallest absolute Gasteiger partial charge is 0.185 e. The van der Waals surface area contributed by atoms with Crippen molar-refractivity contribution in [1.82, 2.24) is 5.32 Å². The molecule has 3 nitrogen and oxygen atoms in total. The maximum absolute atomic E-state index is 7.22. The normalized spacial score (nSPS) is 31.3. The number of guanidine groups is 1. The van der Waals surface area contributed by atoms with Gasteiger partial charge in [-0.05, 0) is 37.0 Å². The average Bonchev–Trinajstić information content (AvgIpc) is 2.13. The summed E-state index contributed by atoms with van der Waals surface area (Å²) >= 11 is 0. The topological polar surface area (TPSA) is 61.9 Å². The van der Waals surface area contributed by atoms with Crippen LogP contribution in [-0.4, -0.2) is 12.5 Å². The van der Waals surface area contributed by atoms with Gasteiger partial charge in [0.1, 0.15) is 0 Å². The Balaban J connectivity index is 2.65. The van der Waals surface area contributed by atoms with Gasteiger partial charge >= 0.3 is 0 Å². The second kappa shape index (κ2) is 4.69. The number of nitrogens with one attached hydrogen (secondary N) is 2. The third-order valence-corrected chi connectivity index (χ3v) is 3.45. The molecule has 0 radical (unpaired) electrons. The van der Waals surface area contributed by atoms with Crippen LogP contribution in [0.4, 0.5) is 0 Å². The molecule has 0 aromatic heterocycles. The molecule has 1 rings (SSSR count). The molecule has 0 bridgehead atoms. The first-order chi connectivity index (χ1) is 6.97. The summed E-state index contributed by atoms with van der Waals surface area (Å²) in [5.41, 5.74) is 6.95. The third-order valence-electron chi connectivity index (χ3n) is 3.45. The predicted octanol–water partition coefficient (Wildman–Crippen LogP) is 2.24. The molecule has 1 saturated carbocycles. The minimum Gasteiger partial charge on any atom is -0.370 e. The average molecular weight is 209 g/mol. The van der Waals surface area contributed by atoms with E-state index in [4.69, 9.17) is 11.1 Å². The van der Waals surface area contributed by atoms with Crippen LogP contribution in [0.1, 0.15) is 39.5 Å². The van der Waals surface area contributed by atoms with Crippen molar-refractivity contribution in [2.45, 2.75) is 39.5 Å². The summed E-state index contributed by atoms with van der Waals surface area (Å²) < 4.78 is 0. The van der Waals surface area contributed by atoms with Crippen molar-refractivity contribution in [3.05, 3.63) is 12.2 Å². The Kier molecular flexibility index (Phi) is 3.77. The van der Waals surface area contributed by atoms with Crippen LogP contribution in [0.3, 0.4) is 0 Å². The third kappa shape index (κ3) is 3.26. The minimum absolute atomic E-state index is 0.0756. The van der Waals surface area contributed by atoms with Crippen molar-refractivity contribution in [1.29, 1.82) is 5.41 Å². The van der Waals surface area contributed by atoms with Crippen LogP contribution in [0, 0.1) is 16.7 Å². The second-order valence-electron chi connectivity index (χ2n) is 5.06. The maximum atomic E-state index is 7.22. The largest absolute Gasteiger partial charge is 0.370 e. The predicted molar refractivity (Wildman–Crippen MR) is 64.8 cm³/mol. The number of hydrogen-bond acceptors (Lipinski definition) is 1. The van der Waals surface area contributed by atoms with Gasteiger partial charge in [-0.25, -0.2) is 0 Å². The lowest BCUT2D eigenvalue weighted by Crippen LogP contribution is -2.42. The molecular weight excluding hydrogens is 186 g/mol. The first-order valence-corrected chi connectivity index (χ1v) is 5.72. The molecular formula is C12H23N3. The molecule has 86 valence electrons. The Bertz CT molecular complexity index is 260. The Morgan fingerprint density at radius 1 is 1.73 bits per heavy atom. The second-order valence-corrected chi connectivity index (χ2v) is 5.06. The molecule has 2 atom stereocenters. The molecule has 0 spiro atoms. The zero-order valence-electron chi connectivity index (χ0n) is 9.90. The monoisotopic (exact) mass is 209 g/mol. The Morgan fingerprint density at radius 3 is 2.87 bits per heavy atom. The van der Waals surface area contributed by atoms with E-state index in [9.17, 15) is 0 Å². The fraction of sp³-hybridized carbons (Fsp3) is 0.750. The molecule has 4 N–H and O–H groups in total. The zero-order valence-corrected chi connectivity index (χ0v) is 9.90. The van der Waals surface area contributed by atoms with E-state index < -0.39 is 0 Å². The SMILES string of the molecule is C=C1CC(C)CC(CC)(CNC(=N)N)C1. The van der Waals surface area contributed by atoms with E-state index in [0.717, 1.165) is 25.8 Å². The minimum atomic E-state index is 0.0756. The Labute approximate surface area is 92.6 Å². The molecule has 0 aliphatic heterocycles. The van der Waals surface area contributed by atoms with E-state index in [2.05, 4.69) is 25.7 Å². The lowest BCUT2D eigenvalue weighted by molar-refractivity contribution is 0.178. The van der Waals surface area contributed by atoms with Gasteiger partial charge in [0.25, 0.3) is 0 Å². The molecule has 0 heterocycles. The van der Waals surface area contributed by atoms with Crippen molar-refractivity contribution < 1.29 is 0 Å². The molecule has 3 heteroatoms. The van der Waals surface area contributed by atoms with Crippen LogP contribution in [0.5, 0.6) is 0 Å². The van der Waals surface area contributed by atoms with Crippen molar-refractivity contribution >= 4 is 5.96 Å². The molecule has 2 unspecified atom stereocenters. The van der Waals surface area contributed by atoms with Gasteiger partial charge in [0, 0.05) is 6.54 Å². The van der Waals surface area contributed by atoms with Crippen LogP contribution in [0.2, 0.25) is 0 Å². The standard InChI is InChI=1S/C12H23N3/c1-4-12(8-15-11(13)14)6-9(2)5-10(3)7-12/h10H,2,4-8H2,1,3H3,(H4,13,14,15). The van der Waals surface area contributed by atoms with Gasteiger partial charge in [0.05, 0.1) is 0 Å². The highest BCUT2D eigenvalue weighted by atomic mass is 15.0. The van der Waals surface area contributed by atoms with Gasteiger partial charge in [0.15, 0.2) is 5.96 Å². The molecule has 1 aliphatic rings. The molecule has 1 fully saturated rings. The van der Waals surface area contributed by atoms with E-state index in [1.54, 1.807) is 0 Å². The van der Waals surface area contributed by atoms with Gasteiger partial charge in [-0.15, -0.1) is 0 Å². The summed E-state index contributed by atoms with van der Waals surface area (Å²) in [5, 5.41) is 10.2. The number of allylic oxidation sites excluding steroid dienone is 1. The van der Waals surface area contributed by atoms with Crippen LogP contribution in [0.25, 0.3) is 0 Å². The molecule has 0 amide bonds. The van der Waals surface area contributed by atoms with Gasteiger partial charge in [0.2, 0.25) is 0 Å². The summed E-state index contributed by atoms with van der Waals surface area (Å²) in [4.78, 5) is 0. The molecule has 0 aromatic rings. The van der Waals surface area contributed by atoms with Crippen LogP contribution >= 0.6 is 0 Å². The van der Waals surface area contributed by atoms with Gasteiger partial charge in [-0.1, -0.05) is 26.0 Å². The number of nitrogens with two attached hydrogens (primary N) is 1. The maximum Gasteiger partial charge on any atom is 0.185 e. The van der Waals surface area contributed by atoms with E-state index in [1.165, 1.54) is 12.0 Å². The highest BCUT2D eigenvalue weighted by Crippen LogP contribution is 2.43. The lowest BCUT2D eigenvalue weighted by atomic mass is 9.67. The van der Waals surface area contributed by atoms with Crippen molar-refractivity contribution in [3.8, 4) is 0 Å². The van der Waals surface area contributed by atoms with Gasteiger partial charge in [-0.3, -0.25) is 5.41 Å². The van der Waals surface area contributed by atoms with E-state index in [-0.39, 0.29) is 11.4 Å². The van der Waals surface area contributed by atoms with Crippen molar-refractivity contribution in [3.63, 3.8) is 0 Å². The fourth-order valence-electron chi connectivity index (χ4n) is 2.79. The van der Waals surface area contributed by atoms with E-state index >= 15 is 0 Å². The summed E-state index contributed by atoms with van der Waals surface area (Å²) in [5.74, 6) is 0.784. The Hall–Kier alpha value is -0.990. The van der Waals surface area contributed by atoms with Crippen molar-refractivity contribution in [2.24, 2.45) is 17.1 Å². The Morgan fingerprint density at radius 2 is 2.40 bits per heavy atom. The summed E-state index contributed by atoms with van der Waals surface area (Å²) in [6, 6.07) is 0. The quantitative estimate of drug-likeness (QED) is 0.379. The molecule has 0 saturated heterocycles.